The number of rotatable bonds is 8. The molecule has 178 valence electrons. The Kier molecular flexibility index (Phi) is 8.05. The minimum atomic E-state index is -1.16. The molecular formula is C26H34BrN3O3. The molecule has 0 saturated carbocycles. The van der Waals surface area contributed by atoms with E-state index in [9.17, 15) is 14.7 Å². The Morgan fingerprint density at radius 2 is 1.76 bits per heavy atom. The molecule has 33 heavy (non-hydrogen) atoms. The molecule has 2 amide bonds. The highest BCUT2D eigenvalue weighted by Gasteiger charge is 2.48. The van der Waals surface area contributed by atoms with Crippen LogP contribution in [0.5, 0.6) is 0 Å². The van der Waals surface area contributed by atoms with Gasteiger partial charge in [-0.1, -0.05) is 35.8 Å². The molecule has 0 unspecified atom stereocenters. The molecule has 0 bridgehead atoms. The van der Waals surface area contributed by atoms with E-state index in [2.05, 4.69) is 46.1 Å². The van der Waals surface area contributed by atoms with E-state index in [-0.39, 0.29) is 11.8 Å². The first-order valence-corrected chi connectivity index (χ1v) is 12.4. The summed E-state index contributed by atoms with van der Waals surface area (Å²) in [7, 11) is 0. The van der Waals surface area contributed by atoms with Crippen LogP contribution in [0.1, 0.15) is 45.2 Å². The van der Waals surface area contributed by atoms with Crippen molar-refractivity contribution in [1.29, 1.82) is 0 Å². The number of fused-ring (bicyclic) bond motifs is 1. The molecule has 1 aliphatic rings. The van der Waals surface area contributed by atoms with E-state index >= 15 is 0 Å². The summed E-state index contributed by atoms with van der Waals surface area (Å²) >= 11 is 3.52. The van der Waals surface area contributed by atoms with Gasteiger partial charge in [0.25, 0.3) is 5.91 Å². The number of carbonyl (C=O) groups excluding carboxylic acids is 1. The Balaban J connectivity index is 1.95. The van der Waals surface area contributed by atoms with Crippen LogP contribution in [0.3, 0.4) is 0 Å². The molecule has 0 radical (unpaired) electrons. The molecule has 0 fully saturated rings. The van der Waals surface area contributed by atoms with Crippen molar-refractivity contribution in [2.75, 3.05) is 29.9 Å². The lowest BCUT2D eigenvalue weighted by Crippen LogP contribution is -2.62. The van der Waals surface area contributed by atoms with Gasteiger partial charge in [0, 0.05) is 41.9 Å². The number of amides is 2. The molecule has 1 atom stereocenters. The first kappa shape index (κ1) is 25.1. The Bertz CT molecular complexity index is 989. The number of aryl methyl sites for hydroxylation is 1. The third kappa shape index (κ3) is 5.52. The Morgan fingerprint density at radius 3 is 2.33 bits per heavy atom. The van der Waals surface area contributed by atoms with Gasteiger partial charge < -0.3 is 15.3 Å². The van der Waals surface area contributed by atoms with Crippen LogP contribution >= 0.6 is 15.9 Å². The predicted molar refractivity (Wildman–Crippen MR) is 137 cm³/mol. The predicted octanol–water partition coefficient (Wildman–Crippen LogP) is 5.80. The highest BCUT2D eigenvalue weighted by Crippen LogP contribution is 2.36. The monoisotopic (exact) mass is 515 g/mol. The van der Waals surface area contributed by atoms with Crippen LogP contribution in [0.25, 0.3) is 0 Å². The summed E-state index contributed by atoms with van der Waals surface area (Å²) in [6.45, 7) is 10.3. The van der Waals surface area contributed by atoms with Crippen LogP contribution in [0.4, 0.5) is 16.2 Å². The average Bonchev–Trinajstić information content (AvgIpc) is 2.78. The van der Waals surface area contributed by atoms with E-state index in [0.717, 1.165) is 34.4 Å². The molecule has 7 heteroatoms. The van der Waals surface area contributed by atoms with Gasteiger partial charge in [-0.3, -0.25) is 9.69 Å². The van der Waals surface area contributed by atoms with Gasteiger partial charge in [0.2, 0.25) is 0 Å². The summed E-state index contributed by atoms with van der Waals surface area (Å²) in [5, 5.41) is 13.2. The van der Waals surface area contributed by atoms with E-state index in [4.69, 9.17) is 0 Å². The van der Waals surface area contributed by atoms with Crippen molar-refractivity contribution >= 4 is 39.3 Å². The quantitative estimate of drug-likeness (QED) is 0.466. The van der Waals surface area contributed by atoms with Crippen LogP contribution in [-0.4, -0.2) is 47.2 Å². The fourth-order valence-electron chi connectivity index (χ4n) is 4.68. The number of benzene rings is 2. The van der Waals surface area contributed by atoms with Crippen molar-refractivity contribution < 1.29 is 14.7 Å². The lowest BCUT2D eigenvalue weighted by molar-refractivity contribution is -0.128. The van der Waals surface area contributed by atoms with Crippen molar-refractivity contribution in [3.8, 4) is 0 Å². The maximum Gasteiger partial charge on any atom is 0.408 e. The summed E-state index contributed by atoms with van der Waals surface area (Å²) in [4.78, 5) is 29.8. The van der Waals surface area contributed by atoms with Gasteiger partial charge in [0.05, 0.1) is 0 Å². The topological polar surface area (TPSA) is 72.9 Å². The third-order valence-corrected chi connectivity index (χ3v) is 6.92. The summed E-state index contributed by atoms with van der Waals surface area (Å²) in [6.07, 6.45) is 0.387. The van der Waals surface area contributed by atoms with Crippen LogP contribution in [0.2, 0.25) is 0 Å². The van der Waals surface area contributed by atoms with E-state index in [1.165, 1.54) is 4.90 Å². The van der Waals surface area contributed by atoms with Gasteiger partial charge in [-0.2, -0.15) is 0 Å². The van der Waals surface area contributed by atoms with Gasteiger partial charge in [0.1, 0.15) is 5.54 Å². The van der Waals surface area contributed by atoms with Crippen molar-refractivity contribution in [1.82, 2.24) is 4.90 Å². The number of hydrogen-bond donors (Lipinski definition) is 2. The molecule has 2 N–H and O–H groups in total. The lowest BCUT2D eigenvalue weighted by atomic mass is 9.75. The van der Waals surface area contributed by atoms with Crippen molar-refractivity contribution in [3.05, 3.63) is 58.1 Å². The maximum absolute atomic E-state index is 13.8. The second-order valence-electron chi connectivity index (χ2n) is 9.08. The maximum atomic E-state index is 13.8. The Hall–Kier alpha value is -2.54. The summed E-state index contributed by atoms with van der Waals surface area (Å²) in [5.41, 5.74) is 2.79. The smallest absolute Gasteiger partial charge is 0.408 e. The third-order valence-electron chi connectivity index (χ3n) is 6.43. The highest BCUT2D eigenvalue weighted by atomic mass is 79.9. The van der Waals surface area contributed by atoms with Gasteiger partial charge in [-0.15, -0.1) is 0 Å². The Morgan fingerprint density at radius 1 is 1.09 bits per heavy atom. The van der Waals surface area contributed by atoms with E-state index in [0.29, 0.717) is 31.5 Å². The minimum absolute atomic E-state index is 0.102. The average molecular weight is 516 g/mol. The number of hydrogen-bond acceptors (Lipinski definition) is 3. The van der Waals surface area contributed by atoms with Gasteiger partial charge in [-0.05, 0) is 80.1 Å². The largest absolute Gasteiger partial charge is 0.465 e. The van der Waals surface area contributed by atoms with E-state index in [1.807, 2.05) is 50.2 Å². The molecule has 1 aliphatic carbocycles. The molecule has 2 aromatic rings. The minimum Gasteiger partial charge on any atom is -0.465 e. The number of halogens is 1. The second-order valence-corrected chi connectivity index (χ2v) is 10.00. The zero-order valence-electron chi connectivity index (χ0n) is 19.9. The number of nitrogens with zero attached hydrogens (tertiary/aromatic N) is 2. The SMILES string of the molecule is CCN(CC)c1ccc(NC(=O)[C@]2(N(CC(C)C)C(=O)O)CCc3cc(Br)ccc3C2)cc1. The van der Waals surface area contributed by atoms with Gasteiger partial charge in [0.15, 0.2) is 0 Å². The molecule has 0 heterocycles. The van der Waals surface area contributed by atoms with Crippen molar-refractivity contribution in [2.24, 2.45) is 5.92 Å². The summed E-state index contributed by atoms with van der Waals surface area (Å²) < 4.78 is 0.990. The molecular weight excluding hydrogens is 482 g/mol. The molecule has 2 aromatic carbocycles. The molecule has 3 rings (SSSR count). The first-order valence-electron chi connectivity index (χ1n) is 11.6. The van der Waals surface area contributed by atoms with Crippen LogP contribution in [0, 0.1) is 5.92 Å². The van der Waals surface area contributed by atoms with Gasteiger partial charge in [-0.25, -0.2) is 4.79 Å². The zero-order valence-corrected chi connectivity index (χ0v) is 21.5. The van der Waals surface area contributed by atoms with Crippen molar-refractivity contribution in [3.63, 3.8) is 0 Å². The highest BCUT2D eigenvalue weighted by molar-refractivity contribution is 9.10. The number of nitrogens with one attached hydrogen (secondary N) is 1. The molecule has 6 nitrogen and oxygen atoms in total. The Labute approximate surface area is 205 Å². The molecule has 0 aliphatic heterocycles. The van der Waals surface area contributed by atoms with Crippen LogP contribution in [-0.2, 0) is 17.6 Å². The summed E-state index contributed by atoms with van der Waals surface area (Å²) in [6, 6.07) is 13.8. The first-order chi connectivity index (χ1) is 15.7. The van der Waals surface area contributed by atoms with Crippen molar-refractivity contribution in [2.45, 2.75) is 52.5 Å². The van der Waals surface area contributed by atoms with Gasteiger partial charge >= 0.3 is 6.09 Å². The van der Waals surface area contributed by atoms with E-state index < -0.39 is 11.6 Å². The molecule has 0 aromatic heterocycles. The second kappa shape index (κ2) is 10.6. The van der Waals surface area contributed by atoms with Crippen LogP contribution < -0.4 is 10.2 Å². The lowest BCUT2D eigenvalue weighted by Gasteiger charge is -2.44. The molecule has 0 saturated heterocycles. The zero-order chi connectivity index (χ0) is 24.2. The standard InChI is InChI=1S/C26H34BrN3O3/c1-5-29(6-2)23-11-9-22(10-12-23)28-24(31)26(30(25(32)33)17-18(3)4)14-13-19-15-21(27)8-7-20(19)16-26/h7-12,15,18H,5-6,13-14,16-17H2,1-4H3,(H,28,31)(H,32,33)/t26-/m0/s1. The summed E-state index contributed by atoms with van der Waals surface area (Å²) in [5.74, 6) is -0.167. The van der Waals surface area contributed by atoms with Crippen LogP contribution in [0.15, 0.2) is 46.9 Å². The fraction of sp³-hybridized carbons (Fsp3) is 0.462. The fourth-order valence-corrected chi connectivity index (χ4v) is 5.09. The number of anilines is 2. The normalized spacial score (nSPS) is 17.4. The van der Waals surface area contributed by atoms with E-state index in [1.54, 1.807) is 0 Å². The molecule has 0 spiro atoms. The number of carboxylic acid groups (broad SMARTS) is 1. The number of carbonyl (C=O) groups is 2.